The third-order valence-electron chi connectivity index (χ3n) is 2.71. The Morgan fingerprint density at radius 3 is 2.50 bits per heavy atom. The van der Waals surface area contributed by atoms with Crippen LogP contribution in [0.2, 0.25) is 0 Å². The Hall–Kier alpha value is -1.03. The first-order valence-electron chi connectivity index (χ1n) is 5.89. The maximum atomic E-state index is 11.8. The van der Waals surface area contributed by atoms with Crippen molar-refractivity contribution in [2.24, 2.45) is 0 Å². The summed E-state index contributed by atoms with van der Waals surface area (Å²) < 4.78 is 5.58. The minimum Gasteiger partial charge on any atom is -0.372 e. The fraction of sp³-hybridized carbons (Fsp3) is 0.750. The van der Waals surface area contributed by atoms with Gasteiger partial charge in [-0.25, -0.2) is 4.79 Å². The number of amides is 2. The fourth-order valence-corrected chi connectivity index (χ4v) is 1.72. The highest BCUT2D eigenvalue weighted by atomic mass is 16.5. The zero-order chi connectivity index (χ0) is 12.1. The molecule has 0 saturated carbocycles. The van der Waals surface area contributed by atoms with Gasteiger partial charge < -0.3 is 15.0 Å². The number of carbonyl (C=O) groups is 1. The summed E-state index contributed by atoms with van der Waals surface area (Å²) in [7, 11) is 0. The van der Waals surface area contributed by atoms with E-state index in [1.54, 1.807) is 11.1 Å². The molecule has 0 spiro atoms. The number of nitrogens with zero attached hydrogens (tertiary/aromatic N) is 1. The summed E-state index contributed by atoms with van der Waals surface area (Å²) in [4.78, 5) is 13.6. The van der Waals surface area contributed by atoms with Crippen LogP contribution in [0.3, 0.4) is 0 Å². The summed E-state index contributed by atoms with van der Waals surface area (Å²) in [6.07, 6.45) is 2.97. The number of nitrogens with one attached hydrogen (secondary N) is 1. The molecule has 1 aliphatic heterocycles. The number of carbonyl (C=O) groups excluding carboxylic acids is 1. The van der Waals surface area contributed by atoms with Crippen LogP contribution in [0.15, 0.2) is 11.8 Å². The molecule has 2 atom stereocenters. The Labute approximate surface area is 97.6 Å². The molecule has 4 nitrogen and oxygen atoms in total. The lowest BCUT2D eigenvalue weighted by molar-refractivity contribution is -0.0542. The minimum absolute atomic E-state index is 0.0326. The van der Waals surface area contributed by atoms with Crippen LogP contribution in [0.4, 0.5) is 4.79 Å². The number of hydrogen-bond donors (Lipinski definition) is 1. The lowest BCUT2D eigenvalue weighted by Gasteiger charge is -2.34. The van der Waals surface area contributed by atoms with Crippen molar-refractivity contribution in [3.63, 3.8) is 0 Å². The molecule has 1 saturated heterocycles. The van der Waals surface area contributed by atoms with Gasteiger partial charge in [-0.3, -0.25) is 0 Å². The first-order valence-corrected chi connectivity index (χ1v) is 5.89. The van der Waals surface area contributed by atoms with Crippen LogP contribution in [0.5, 0.6) is 0 Å². The standard InChI is InChI=1S/C12H22N2O2/c1-5-9(2)6-13-12(15)14-7-10(3)16-11(4)8-14/h6,10-11H,5,7-8H2,1-4H3,(H,13,15)/b9-6+. The molecule has 0 aliphatic carbocycles. The van der Waals surface area contributed by atoms with Crippen LogP contribution >= 0.6 is 0 Å². The number of hydrogen-bond acceptors (Lipinski definition) is 2. The molecular formula is C12H22N2O2. The number of allylic oxidation sites excluding steroid dienone is 1. The Morgan fingerprint density at radius 1 is 1.44 bits per heavy atom. The number of urea groups is 1. The predicted molar refractivity (Wildman–Crippen MR) is 64.2 cm³/mol. The molecule has 1 fully saturated rings. The van der Waals surface area contributed by atoms with E-state index in [9.17, 15) is 4.79 Å². The molecule has 1 aliphatic rings. The molecular weight excluding hydrogens is 204 g/mol. The molecule has 1 heterocycles. The van der Waals surface area contributed by atoms with Crippen molar-refractivity contribution in [2.75, 3.05) is 13.1 Å². The van der Waals surface area contributed by atoms with Crippen molar-refractivity contribution in [2.45, 2.75) is 46.3 Å². The van der Waals surface area contributed by atoms with Crippen molar-refractivity contribution in [1.82, 2.24) is 10.2 Å². The SMILES string of the molecule is CC/C(C)=C/NC(=O)N1CC(C)OC(C)C1. The summed E-state index contributed by atoms with van der Waals surface area (Å²) in [6, 6.07) is -0.0326. The molecule has 0 aromatic heterocycles. The van der Waals surface area contributed by atoms with Gasteiger partial charge in [-0.15, -0.1) is 0 Å². The second-order valence-corrected chi connectivity index (χ2v) is 4.46. The van der Waals surface area contributed by atoms with Crippen molar-refractivity contribution >= 4 is 6.03 Å². The highest BCUT2D eigenvalue weighted by Crippen LogP contribution is 2.10. The molecule has 1 N–H and O–H groups in total. The van der Waals surface area contributed by atoms with Gasteiger partial charge in [0.15, 0.2) is 0 Å². The summed E-state index contributed by atoms with van der Waals surface area (Å²) >= 11 is 0. The number of morpholine rings is 1. The summed E-state index contributed by atoms with van der Waals surface area (Å²) in [6.45, 7) is 9.37. The lowest BCUT2D eigenvalue weighted by atomic mass is 10.2. The molecule has 4 heteroatoms. The van der Waals surface area contributed by atoms with E-state index in [-0.39, 0.29) is 18.2 Å². The van der Waals surface area contributed by atoms with Gasteiger partial charge in [-0.05, 0) is 27.2 Å². The van der Waals surface area contributed by atoms with E-state index >= 15 is 0 Å². The van der Waals surface area contributed by atoms with Gasteiger partial charge in [-0.1, -0.05) is 12.5 Å². The van der Waals surface area contributed by atoms with E-state index in [1.807, 2.05) is 20.8 Å². The van der Waals surface area contributed by atoms with Gasteiger partial charge in [0, 0.05) is 19.3 Å². The largest absolute Gasteiger partial charge is 0.372 e. The van der Waals surface area contributed by atoms with Crippen molar-refractivity contribution in [3.8, 4) is 0 Å². The Bertz CT molecular complexity index is 266. The number of ether oxygens (including phenoxy) is 1. The Morgan fingerprint density at radius 2 is 2.00 bits per heavy atom. The van der Waals surface area contributed by atoms with Gasteiger partial charge in [0.05, 0.1) is 12.2 Å². The smallest absolute Gasteiger partial charge is 0.321 e. The van der Waals surface area contributed by atoms with E-state index in [0.717, 1.165) is 6.42 Å². The van der Waals surface area contributed by atoms with E-state index in [2.05, 4.69) is 12.2 Å². The van der Waals surface area contributed by atoms with Gasteiger partial charge >= 0.3 is 6.03 Å². The average Bonchev–Trinajstić information content (AvgIpc) is 2.23. The van der Waals surface area contributed by atoms with E-state index < -0.39 is 0 Å². The molecule has 92 valence electrons. The molecule has 0 aromatic carbocycles. The van der Waals surface area contributed by atoms with Gasteiger partial charge in [0.25, 0.3) is 0 Å². The van der Waals surface area contributed by atoms with Crippen LogP contribution < -0.4 is 5.32 Å². The van der Waals surface area contributed by atoms with Crippen LogP contribution in [-0.2, 0) is 4.74 Å². The topological polar surface area (TPSA) is 41.6 Å². The summed E-state index contributed by atoms with van der Waals surface area (Å²) in [5, 5.41) is 2.81. The molecule has 2 unspecified atom stereocenters. The third-order valence-corrected chi connectivity index (χ3v) is 2.71. The van der Waals surface area contributed by atoms with Crippen LogP contribution in [-0.4, -0.2) is 36.2 Å². The van der Waals surface area contributed by atoms with Crippen molar-refractivity contribution < 1.29 is 9.53 Å². The molecule has 1 rings (SSSR count). The van der Waals surface area contributed by atoms with Crippen molar-refractivity contribution in [3.05, 3.63) is 11.8 Å². The third kappa shape index (κ3) is 3.85. The second kappa shape index (κ2) is 5.89. The Kier molecular flexibility index (Phi) is 4.80. The zero-order valence-electron chi connectivity index (χ0n) is 10.6. The summed E-state index contributed by atoms with van der Waals surface area (Å²) in [5.74, 6) is 0. The summed E-state index contributed by atoms with van der Waals surface area (Å²) in [5.41, 5.74) is 1.17. The second-order valence-electron chi connectivity index (χ2n) is 4.46. The first-order chi connectivity index (χ1) is 7.52. The first kappa shape index (κ1) is 13.0. The zero-order valence-corrected chi connectivity index (χ0v) is 10.6. The van der Waals surface area contributed by atoms with Crippen LogP contribution in [0.1, 0.15) is 34.1 Å². The highest BCUT2D eigenvalue weighted by Gasteiger charge is 2.25. The van der Waals surface area contributed by atoms with Gasteiger partial charge in [0.2, 0.25) is 0 Å². The normalized spacial score (nSPS) is 26.8. The highest BCUT2D eigenvalue weighted by molar-refractivity contribution is 5.75. The quantitative estimate of drug-likeness (QED) is 0.783. The monoisotopic (exact) mass is 226 g/mol. The van der Waals surface area contributed by atoms with Crippen LogP contribution in [0, 0.1) is 0 Å². The van der Waals surface area contributed by atoms with E-state index in [4.69, 9.17) is 4.74 Å². The lowest BCUT2D eigenvalue weighted by Crippen LogP contribution is -2.50. The number of rotatable bonds is 2. The van der Waals surface area contributed by atoms with Gasteiger partial charge in [-0.2, -0.15) is 0 Å². The predicted octanol–water partition coefficient (Wildman–Crippen LogP) is 2.12. The molecule has 0 radical (unpaired) electrons. The van der Waals surface area contributed by atoms with Crippen LogP contribution in [0.25, 0.3) is 0 Å². The van der Waals surface area contributed by atoms with E-state index in [1.165, 1.54) is 5.57 Å². The van der Waals surface area contributed by atoms with E-state index in [0.29, 0.717) is 13.1 Å². The Balaban J connectivity index is 2.47. The maximum absolute atomic E-state index is 11.8. The fourth-order valence-electron chi connectivity index (χ4n) is 1.72. The molecule has 0 aromatic rings. The van der Waals surface area contributed by atoms with Crippen molar-refractivity contribution in [1.29, 1.82) is 0 Å². The molecule has 2 amide bonds. The van der Waals surface area contributed by atoms with Gasteiger partial charge in [0.1, 0.15) is 0 Å². The molecule has 16 heavy (non-hydrogen) atoms. The average molecular weight is 226 g/mol. The minimum atomic E-state index is -0.0326. The maximum Gasteiger partial charge on any atom is 0.321 e. The molecule has 0 bridgehead atoms.